The minimum atomic E-state index is -0.970. The van der Waals surface area contributed by atoms with Crippen LogP contribution in [0.25, 0.3) is 0 Å². The van der Waals surface area contributed by atoms with Crippen molar-refractivity contribution >= 4 is 23.6 Å². The molecule has 2 saturated heterocycles. The lowest BCUT2D eigenvalue weighted by molar-refractivity contribution is -0.128. The summed E-state index contributed by atoms with van der Waals surface area (Å²) in [6.45, 7) is 6.78. The molecule has 2 heterocycles. The number of amides is 3. The van der Waals surface area contributed by atoms with Crippen molar-refractivity contribution in [3.63, 3.8) is 0 Å². The van der Waals surface area contributed by atoms with Crippen molar-refractivity contribution in [1.29, 1.82) is 5.26 Å². The van der Waals surface area contributed by atoms with Crippen LogP contribution >= 0.6 is 0 Å². The highest BCUT2D eigenvalue weighted by Gasteiger charge is 2.52. The number of likely N-dealkylation sites (tertiary alicyclic amines) is 1. The van der Waals surface area contributed by atoms with E-state index in [2.05, 4.69) is 5.32 Å². The number of hydrogen-bond acceptors (Lipinski definition) is 6. The normalized spacial score (nSPS) is 25.0. The molecule has 10 heteroatoms. The van der Waals surface area contributed by atoms with Gasteiger partial charge in [-0.1, -0.05) is 6.07 Å². The number of likely N-dealkylation sites (N-methyl/N-ethyl adjacent to an activating group) is 1. The number of piperazine rings is 1. The number of halogens is 1. The Kier molecular flexibility index (Phi) is 7.23. The van der Waals surface area contributed by atoms with Gasteiger partial charge in [-0.3, -0.25) is 19.4 Å². The summed E-state index contributed by atoms with van der Waals surface area (Å²) < 4.78 is 20.5. The molecule has 1 N–H and O–H groups in total. The van der Waals surface area contributed by atoms with E-state index in [1.54, 1.807) is 37.8 Å². The first-order valence-corrected chi connectivity index (χ1v) is 12.5. The average Bonchev–Trinajstić information content (AvgIpc) is 3.40. The van der Waals surface area contributed by atoms with E-state index in [1.165, 1.54) is 11.0 Å². The third-order valence-corrected chi connectivity index (χ3v) is 7.11. The molecular weight excluding hydrogens is 465 g/mol. The van der Waals surface area contributed by atoms with E-state index < -0.39 is 35.5 Å². The summed E-state index contributed by atoms with van der Waals surface area (Å²) in [5.74, 6) is -1.04. The van der Waals surface area contributed by atoms with E-state index in [0.29, 0.717) is 18.8 Å². The summed E-state index contributed by atoms with van der Waals surface area (Å²) in [6, 6.07) is 4.84. The van der Waals surface area contributed by atoms with E-state index in [0.717, 1.165) is 19.3 Å². The molecule has 4 atom stereocenters. The Balaban J connectivity index is 1.43. The van der Waals surface area contributed by atoms with Crippen LogP contribution in [0.2, 0.25) is 0 Å². The predicted molar refractivity (Wildman–Crippen MR) is 130 cm³/mol. The van der Waals surface area contributed by atoms with Crippen LogP contribution in [0.4, 0.5) is 14.9 Å². The Bertz CT molecular complexity index is 1080. The van der Waals surface area contributed by atoms with Crippen LogP contribution in [0.1, 0.15) is 45.6 Å². The fourth-order valence-electron chi connectivity index (χ4n) is 5.44. The number of nitrogens with zero attached hydrogens (tertiary/aromatic N) is 4. The number of ether oxygens (including phenoxy) is 1. The first-order valence-electron chi connectivity index (χ1n) is 12.5. The molecule has 9 nitrogen and oxygen atoms in total. The fraction of sp³-hybridized carbons (Fsp3) is 0.615. The monoisotopic (exact) mass is 499 g/mol. The van der Waals surface area contributed by atoms with Gasteiger partial charge in [0.15, 0.2) is 0 Å². The SMILES string of the molecule is CN1CCN(c2ccc(CC(C#N)NC(=O)C3C4CCC(C4)N3C(=O)OC(C)(C)C)c(F)c2)C(=O)C1. The third-order valence-electron chi connectivity index (χ3n) is 7.11. The maximum atomic E-state index is 15.0. The molecule has 36 heavy (non-hydrogen) atoms. The second-order valence-electron chi connectivity index (χ2n) is 11.0. The van der Waals surface area contributed by atoms with Crippen molar-refractivity contribution in [2.24, 2.45) is 5.92 Å². The molecule has 0 radical (unpaired) electrons. The lowest BCUT2D eigenvalue weighted by Gasteiger charge is -2.35. The number of nitrogens with one attached hydrogen (secondary N) is 1. The summed E-state index contributed by atoms with van der Waals surface area (Å²) >= 11 is 0. The number of carbonyl (C=O) groups excluding carboxylic acids is 3. The average molecular weight is 500 g/mol. The van der Waals surface area contributed by atoms with E-state index >= 15 is 0 Å². The molecule has 3 fully saturated rings. The Hall–Kier alpha value is -3.19. The number of benzene rings is 1. The molecular formula is C26H34FN5O4. The van der Waals surface area contributed by atoms with E-state index in [1.807, 2.05) is 18.0 Å². The van der Waals surface area contributed by atoms with Crippen LogP contribution in [0.15, 0.2) is 18.2 Å². The minimum absolute atomic E-state index is 0.0130. The zero-order chi connectivity index (χ0) is 26.2. The van der Waals surface area contributed by atoms with Gasteiger partial charge in [0.25, 0.3) is 0 Å². The molecule has 3 aliphatic rings. The van der Waals surface area contributed by atoms with Crippen molar-refractivity contribution in [2.45, 2.75) is 70.2 Å². The second-order valence-corrected chi connectivity index (χ2v) is 11.0. The molecule has 2 aliphatic heterocycles. The second kappa shape index (κ2) is 10.1. The zero-order valence-corrected chi connectivity index (χ0v) is 21.3. The number of rotatable bonds is 5. The molecule has 2 bridgehead atoms. The molecule has 194 valence electrons. The maximum absolute atomic E-state index is 15.0. The van der Waals surface area contributed by atoms with Crippen LogP contribution < -0.4 is 10.2 Å². The number of fused-ring (bicyclic) bond motifs is 2. The molecule has 3 amide bonds. The molecule has 1 saturated carbocycles. The first kappa shape index (κ1) is 25.9. The van der Waals surface area contributed by atoms with Crippen LogP contribution in [0.5, 0.6) is 0 Å². The minimum Gasteiger partial charge on any atom is -0.444 e. The highest BCUT2D eigenvalue weighted by atomic mass is 19.1. The van der Waals surface area contributed by atoms with Crippen LogP contribution in [0, 0.1) is 23.1 Å². The smallest absolute Gasteiger partial charge is 0.411 e. The standard InChI is InChI=1S/C26H34FN5O4/c1-26(2,3)36-25(35)32-20-8-6-17(12-20)23(32)24(34)29-18(14-28)11-16-5-7-19(13-21(16)27)31-10-9-30(4)15-22(31)33/h5,7,13,17-18,20,23H,6,8-12,15H2,1-4H3,(H,29,34). The number of hydrogen-bond donors (Lipinski definition) is 1. The predicted octanol–water partition coefficient (Wildman–Crippen LogP) is 2.44. The van der Waals surface area contributed by atoms with Gasteiger partial charge in [-0.15, -0.1) is 0 Å². The fourth-order valence-corrected chi connectivity index (χ4v) is 5.44. The first-order chi connectivity index (χ1) is 17.0. The number of nitriles is 1. The molecule has 0 spiro atoms. The topological polar surface area (TPSA) is 106 Å². The van der Waals surface area contributed by atoms with Crippen LogP contribution in [-0.2, 0) is 20.7 Å². The number of anilines is 1. The van der Waals surface area contributed by atoms with Gasteiger partial charge >= 0.3 is 6.09 Å². The Morgan fingerprint density at radius 2 is 2.03 bits per heavy atom. The van der Waals surface area contributed by atoms with Gasteiger partial charge in [0, 0.05) is 31.2 Å². The summed E-state index contributed by atoms with van der Waals surface area (Å²) in [5.41, 5.74) is 0.0547. The molecule has 4 unspecified atom stereocenters. The zero-order valence-electron chi connectivity index (χ0n) is 21.3. The van der Waals surface area contributed by atoms with Gasteiger partial charge in [-0.2, -0.15) is 5.26 Å². The summed E-state index contributed by atoms with van der Waals surface area (Å²) in [5, 5.41) is 12.4. The van der Waals surface area contributed by atoms with Gasteiger partial charge in [0.1, 0.15) is 23.5 Å². The lowest BCUT2D eigenvalue weighted by Crippen LogP contribution is -2.55. The van der Waals surface area contributed by atoms with Crippen molar-refractivity contribution in [2.75, 3.05) is 31.6 Å². The van der Waals surface area contributed by atoms with Crippen molar-refractivity contribution in [1.82, 2.24) is 15.1 Å². The number of carbonyl (C=O) groups is 3. The summed E-state index contributed by atoms with van der Waals surface area (Å²) in [7, 11) is 1.86. The Morgan fingerprint density at radius 3 is 2.67 bits per heavy atom. The Labute approximate surface area is 211 Å². The van der Waals surface area contributed by atoms with Gasteiger partial charge in [0.2, 0.25) is 11.8 Å². The maximum Gasteiger partial charge on any atom is 0.411 e. The van der Waals surface area contributed by atoms with Gasteiger partial charge in [-0.05, 0) is 70.7 Å². The van der Waals surface area contributed by atoms with Gasteiger partial charge < -0.3 is 15.0 Å². The molecule has 4 rings (SSSR count). The van der Waals surface area contributed by atoms with Crippen LogP contribution in [-0.4, -0.2) is 78.1 Å². The van der Waals surface area contributed by atoms with Crippen molar-refractivity contribution < 1.29 is 23.5 Å². The lowest BCUT2D eigenvalue weighted by atomic mass is 9.97. The molecule has 1 aliphatic carbocycles. The van der Waals surface area contributed by atoms with Gasteiger partial charge in [-0.25, -0.2) is 9.18 Å². The van der Waals surface area contributed by atoms with Gasteiger partial charge in [0.05, 0.1) is 12.6 Å². The quantitative estimate of drug-likeness (QED) is 0.667. The Morgan fingerprint density at radius 1 is 1.28 bits per heavy atom. The largest absolute Gasteiger partial charge is 0.444 e. The summed E-state index contributed by atoms with van der Waals surface area (Å²) in [4.78, 5) is 43.4. The molecule has 0 aromatic heterocycles. The third kappa shape index (κ3) is 5.46. The van der Waals surface area contributed by atoms with Crippen molar-refractivity contribution in [3.8, 4) is 6.07 Å². The van der Waals surface area contributed by atoms with E-state index in [9.17, 15) is 24.0 Å². The van der Waals surface area contributed by atoms with Crippen molar-refractivity contribution in [3.05, 3.63) is 29.6 Å². The van der Waals surface area contributed by atoms with E-state index in [4.69, 9.17) is 4.74 Å². The summed E-state index contributed by atoms with van der Waals surface area (Å²) in [6.07, 6.45) is 1.83. The molecule has 1 aromatic rings. The highest BCUT2D eigenvalue weighted by Crippen LogP contribution is 2.43. The highest BCUT2D eigenvalue weighted by molar-refractivity contribution is 5.95. The number of piperidine rings is 1. The van der Waals surface area contributed by atoms with E-state index in [-0.39, 0.29) is 36.4 Å². The van der Waals surface area contributed by atoms with Crippen LogP contribution in [0.3, 0.4) is 0 Å². The molecule has 1 aromatic carbocycles.